The Kier molecular flexibility index (Phi) is 2.21. The van der Waals surface area contributed by atoms with Crippen molar-refractivity contribution >= 4 is 58.0 Å². The molecule has 0 radical (unpaired) electrons. The maximum atomic E-state index is 6.53. The number of halogens is 5. The maximum Gasteiger partial charge on any atom is 0.211 e. The Hall–Kier alpha value is 0.890. The normalized spacial score (nSPS) is 46.7. The van der Waals surface area contributed by atoms with Crippen LogP contribution in [0.1, 0.15) is 6.42 Å². The van der Waals surface area contributed by atoms with Crippen LogP contribution < -0.4 is 0 Å². The van der Waals surface area contributed by atoms with E-state index in [4.69, 9.17) is 58.0 Å². The molecular formula is C9H6Cl5N. The van der Waals surface area contributed by atoms with Gasteiger partial charge in [-0.1, -0.05) is 70.2 Å². The van der Waals surface area contributed by atoms with Crippen molar-refractivity contribution < 1.29 is 0 Å². The summed E-state index contributed by atoms with van der Waals surface area (Å²) >= 11 is 31.1. The number of fused-ring (bicyclic) bond motifs is 5. The van der Waals surface area contributed by atoms with E-state index < -0.39 is 9.46 Å². The molecule has 15 heavy (non-hydrogen) atoms. The maximum absolute atomic E-state index is 6.53. The van der Waals surface area contributed by atoms with Gasteiger partial charge in [-0.2, -0.15) is 0 Å². The van der Waals surface area contributed by atoms with E-state index in [1.54, 1.807) is 4.90 Å². The Morgan fingerprint density at radius 3 is 2.40 bits per heavy atom. The zero-order valence-corrected chi connectivity index (χ0v) is 11.1. The van der Waals surface area contributed by atoms with E-state index in [-0.39, 0.29) is 17.0 Å². The molecule has 0 saturated carbocycles. The van der Waals surface area contributed by atoms with E-state index in [1.807, 2.05) is 6.08 Å². The van der Waals surface area contributed by atoms with Crippen LogP contribution in [-0.4, -0.2) is 20.4 Å². The molecule has 3 aliphatic rings. The molecule has 6 heteroatoms. The highest BCUT2D eigenvalue weighted by atomic mass is 35.5. The monoisotopic (exact) mass is 303 g/mol. The number of nitrogens with zero attached hydrogens (tertiary/aromatic N) is 1. The molecule has 1 saturated heterocycles. The first-order valence-corrected chi connectivity index (χ1v) is 6.40. The van der Waals surface area contributed by atoms with Crippen molar-refractivity contribution in [2.24, 2.45) is 5.92 Å². The first-order valence-electron chi connectivity index (χ1n) is 4.51. The van der Waals surface area contributed by atoms with Crippen LogP contribution in [0.5, 0.6) is 0 Å². The van der Waals surface area contributed by atoms with Gasteiger partial charge in [-0.3, -0.25) is 0 Å². The third kappa shape index (κ3) is 1.08. The van der Waals surface area contributed by atoms with Gasteiger partial charge in [0, 0.05) is 12.0 Å². The van der Waals surface area contributed by atoms with Crippen molar-refractivity contribution in [1.29, 1.82) is 0 Å². The van der Waals surface area contributed by atoms with Crippen LogP contribution >= 0.6 is 58.0 Å². The molecule has 2 aliphatic heterocycles. The van der Waals surface area contributed by atoms with Gasteiger partial charge in [0.25, 0.3) is 0 Å². The fourth-order valence-electron chi connectivity index (χ4n) is 2.65. The van der Waals surface area contributed by atoms with Crippen LogP contribution in [0.25, 0.3) is 0 Å². The van der Waals surface area contributed by atoms with Crippen molar-refractivity contribution in [2.75, 3.05) is 0 Å². The van der Waals surface area contributed by atoms with Gasteiger partial charge in [-0.15, -0.1) is 0 Å². The second-order valence-corrected chi connectivity index (χ2v) is 6.63. The average Bonchev–Trinajstić information content (AvgIpc) is 2.76. The van der Waals surface area contributed by atoms with Crippen LogP contribution in [0, 0.1) is 5.92 Å². The summed E-state index contributed by atoms with van der Waals surface area (Å²) < 4.78 is -1.30. The lowest BCUT2D eigenvalue weighted by molar-refractivity contribution is 0.200. The highest BCUT2D eigenvalue weighted by molar-refractivity contribution is 6.60. The highest BCUT2D eigenvalue weighted by Crippen LogP contribution is 2.65. The Morgan fingerprint density at radius 1 is 1.13 bits per heavy atom. The molecule has 0 amide bonds. The zero-order chi connectivity index (χ0) is 11.0. The number of rotatable bonds is 0. The van der Waals surface area contributed by atoms with E-state index in [0.29, 0.717) is 5.03 Å². The molecule has 0 spiro atoms. The first-order chi connectivity index (χ1) is 6.90. The smallest absolute Gasteiger partial charge is 0.211 e. The van der Waals surface area contributed by atoms with Crippen LogP contribution in [0.4, 0.5) is 0 Å². The van der Waals surface area contributed by atoms with Crippen LogP contribution in [0.2, 0.25) is 0 Å². The van der Waals surface area contributed by atoms with Crippen molar-refractivity contribution in [3.63, 3.8) is 0 Å². The van der Waals surface area contributed by atoms with Gasteiger partial charge in [0.1, 0.15) is 5.00 Å². The van der Waals surface area contributed by atoms with Crippen molar-refractivity contribution in [3.8, 4) is 0 Å². The number of hydrogen-bond acceptors (Lipinski definition) is 1. The van der Waals surface area contributed by atoms with Gasteiger partial charge < -0.3 is 0 Å². The highest BCUT2D eigenvalue weighted by Gasteiger charge is 2.67. The predicted octanol–water partition coefficient (Wildman–Crippen LogP) is 4.02. The minimum absolute atomic E-state index is 0.118. The van der Waals surface area contributed by atoms with Gasteiger partial charge in [-0.25, -0.2) is 4.90 Å². The summed E-state index contributed by atoms with van der Waals surface area (Å²) in [5.41, 5.74) is 0. The molecule has 0 aromatic rings. The van der Waals surface area contributed by atoms with Crippen molar-refractivity contribution in [1.82, 2.24) is 4.90 Å². The standard InChI is InChI=1S/C9H6Cl5N/c10-6-7(11)9(13,14)15-5-2-1-4(3-5)8(6,15)12/h1-2,4-5H,3H2. The second kappa shape index (κ2) is 3.01. The summed E-state index contributed by atoms with van der Waals surface area (Å²) in [5.74, 6) is 0.129. The Morgan fingerprint density at radius 2 is 1.80 bits per heavy atom. The van der Waals surface area contributed by atoms with Gasteiger partial charge in [0.2, 0.25) is 4.46 Å². The van der Waals surface area contributed by atoms with Crippen LogP contribution in [0.3, 0.4) is 0 Å². The summed E-state index contributed by atoms with van der Waals surface area (Å²) in [6.07, 6.45) is 4.99. The molecule has 2 heterocycles. The van der Waals surface area contributed by atoms with E-state index in [2.05, 4.69) is 6.08 Å². The van der Waals surface area contributed by atoms with Gasteiger partial charge in [-0.05, 0) is 6.42 Å². The third-order valence-corrected chi connectivity index (χ3v) is 6.02. The Labute approximate surface area is 113 Å². The molecule has 1 aliphatic carbocycles. The van der Waals surface area contributed by atoms with E-state index in [9.17, 15) is 0 Å². The zero-order valence-electron chi connectivity index (χ0n) is 7.35. The topological polar surface area (TPSA) is 3.24 Å². The predicted molar refractivity (Wildman–Crippen MR) is 64.6 cm³/mol. The minimum atomic E-state index is -1.30. The molecule has 1 nitrogen and oxygen atoms in total. The molecule has 0 N–H and O–H groups in total. The van der Waals surface area contributed by atoms with E-state index >= 15 is 0 Å². The van der Waals surface area contributed by atoms with Crippen LogP contribution in [0.15, 0.2) is 22.2 Å². The largest absolute Gasteiger partial charge is 0.237 e. The van der Waals surface area contributed by atoms with Crippen molar-refractivity contribution in [2.45, 2.75) is 21.9 Å². The van der Waals surface area contributed by atoms with Crippen molar-refractivity contribution in [3.05, 3.63) is 22.2 Å². The summed E-state index contributed by atoms with van der Waals surface area (Å²) in [7, 11) is 0. The summed E-state index contributed by atoms with van der Waals surface area (Å²) in [4.78, 5) is 0.932. The molecule has 3 unspecified atom stereocenters. The molecule has 2 bridgehead atoms. The molecule has 3 rings (SSSR count). The van der Waals surface area contributed by atoms with Gasteiger partial charge in [0.15, 0.2) is 0 Å². The lowest BCUT2D eigenvalue weighted by atomic mass is 10.0. The third-order valence-electron chi connectivity index (χ3n) is 3.30. The fraction of sp³-hybridized carbons (Fsp3) is 0.556. The Bertz CT molecular complexity index is 401. The van der Waals surface area contributed by atoms with E-state index in [1.165, 1.54) is 0 Å². The average molecular weight is 305 g/mol. The number of alkyl halides is 3. The lowest BCUT2D eigenvalue weighted by Gasteiger charge is -2.39. The molecule has 0 aromatic carbocycles. The summed E-state index contributed by atoms with van der Waals surface area (Å²) in [5, 5.41) is 0.577. The summed E-state index contributed by atoms with van der Waals surface area (Å²) in [6, 6.07) is 0.118. The summed E-state index contributed by atoms with van der Waals surface area (Å²) in [6.45, 7) is 0. The lowest BCUT2D eigenvalue weighted by Crippen LogP contribution is -2.50. The van der Waals surface area contributed by atoms with Gasteiger partial charge in [0.05, 0.1) is 10.1 Å². The molecule has 0 aromatic heterocycles. The van der Waals surface area contributed by atoms with Gasteiger partial charge >= 0.3 is 0 Å². The minimum Gasteiger partial charge on any atom is -0.237 e. The molecule has 1 fully saturated rings. The molecular weight excluding hydrogens is 299 g/mol. The fourth-order valence-corrected chi connectivity index (χ4v) is 4.70. The van der Waals surface area contributed by atoms with Crippen LogP contribution in [-0.2, 0) is 0 Å². The SMILES string of the molecule is ClC1=C(Cl)C2(Cl)C3C=CC(C3)N2C1(Cl)Cl. The molecule has 3 atom stereocenters. The van der Waals surface area contributed by atoms with E-state index in [0.717, 1.165) is 6.42 Å². The Balaban J connectivity index is 2.21. The first kappa shape index (κ1) is 11.0. The quantitative estimate of drug-likeness (QED) is 0.371. The second-order valence-electron chi connectivity index (χ2n) is 4.01. The molecule has 82 valence electrons. The number of hydrogen-bond donors (Lipinski definition) is 0.